The lowest BCUT2D eigenvalue weighted by Crippen LogP contribution is -2.56. The Morgan fingerprint density at radius 1 is 1.12 bits per heavy atom. The molecule has 0 unspecified atom stereocenters. The molecular weight excluding hydrogens is 645 g/mol. The molecule has 5 rings (SSSR count). The van der Waals surface area contributed by atoms with Gasteiger partial charge in [-0.15, -0.1) is 6.42 Å². The van der Waals surface area contributed by atoms with Gasteiger partial charge in [-0.1, -0.05) is 18.1 Å². The number of aliphatic hydroxyl groups is 1. The van der Waals surface area contributed by atoms with Crippen molar-refractivity contribution in [1.82, 2.24) is 10.2 Å². The predicted molar refractivity (Wildman–Crippen MR) is 174 cm³/mol. The number of aryl methyl sites for hydroxylation is 1. The number of methoxy groups -OCH3 is 1. The number of rotatable bonds is 12. The number of terminal acetylenes is 1. The number of alkyl halides is 3. The number of anilines is 1. The number of nitrogens with one attached hydrogen (secondary N) is 1. The van der Waals surface area contributed by atoms with E-state index >= 15 is 0 Å². The fourth-order valence-electron chi connectivity index (χ4n) is 6.66. The van der Waals surface area contributed by atoms with Gasteiger partial charge in [-0.2, -0.15) is 13.2 Å². The maximum absolute atomic E-state index is 14.4. The van der Waals surface area contributed by atoms with Gasteiger partial charge in [0.1, 0.15) is 11.6 Å². The summed E-state index contributed by atoms with van der Waals surface area (Å²) in [6, 6.07) is 11.8. The molecule has 3 atom stereocenters. The Labute approximate surface area is 282 Å². The highest BCUT2D eigenvalue weighted by molar-refractivity contribution is 6.01. The average Bonchev–Trinajstić information content (AvgIpc) is 3.71. The molecule has 2 aliphatic rings. The lowest BCUT2D eigenvalue weighted by atomic mass is 9.96. The number of carbonyl (C=O) groups excluding carboxylic acids is 2. The zero-order chi connectivity index (χ0) is 35.5. The number of likely N-dealkylation sites (tertiary alicyclic amines) is 1. The number of nitrogens with zero attached hydrogens (tertiary/aromatic N) is 2. The van der Waals surface area contributed by atoms with E-state index < -0.39 is 53.7 Å². The molecule has 3 aromatic rings. The summed E-state index contributed by atoms with van der Waals surface area (Å²) in [5.41, 5.74) is 0.914. The number of hydrogen-bond acceptors (Lipinski definition) is 5. The maximum atomic E-state index is 14.4. The summed E-state index contributed by atoms with van der Waals surface area (Å²) in [5.74, 6) is -2.13. The van der Waals surface area contributed by atoms with E-state index in [1.165, 1.54) is 25.3 Å². The molecule has 2 N–H and O–H groups in total. The van der Waals surface area contributed by atoms with Crippen LogP contribution in [0, 0.1) is 30.9 Å². The first-order chi connectivity index (χ1) is 23.2. The molecule has 1 aliphatic heterocycles. The molecule has 0 bridgehead atoms. The molecule has 7 nitrogen and oxygen atoms in total. The van der Waals surface area contributed by atoms with Crippen LogP contribution in [0.1, 0.15) is 58.3 Å². The van der Waals surface area contributed by atoms with Gasteiger partial charge < -0.3 is 20.1 Å². The highest BCUT2D eigenvalue weighted by Crippen LogP contribution is 2.45. The summed E-state index contributed by atoms with van der Waals surface area (Å²) in [6.07, 6.45) is 0.666. The Morgan fingerprint density at radius 3 is 2.47 bits per heavy atom. The van der Waals surface area contributed by atoms with Crippen LogP contribution in [0.4, 0.5) is 27.6 Å². The van der Waals surface area contributed by atoms with Gasteiger partial charge in [-0.05, 0) is 98.2 Å². The van der Waals surface area contributed by atoms with Gasteiger partial charge in [0.25, 0.3) is 5.91 Å². The van der Waals surface area contributed by atoms with Crippen molar-refractivity contribution in [3.63, 3.8) is 0 Å². The van der Waals surface area contributed by atoms with E-state index in [9.17, 15) is 36.6 Å². The summed E-state index contributed by atoms with van der Waals surface area (Å²) in [5, 5.41) is 14.9. The van der Waals surface area contributed by atoms with Crippen molar-refractivity contribution in [3.8, 4) is 12.3 Å². The van der Waals surface area contributed by atoms with Gasteiger partial charge in [0, 0.05) is 48.6 Å². The highest BCUT2D eigenvalue weighted by Gasteiger charge is 2.48. The molecule has 1 heterocycles. The molecular formula is C37H38F5N3O4. The molecule has 0 radical (unpaired) electrons. The Hall–Kier alpha value is -4.31. The van der Waals surface area contributed by atoms with E-state index in [1.807, 2.05) is 12.1 Å². The van der Waals surface area contributed by atoms with E-state index in [0.717, 1.165) is 24.1 Å². The van der Waals surface area contributed by atoms with Crippen LogP contribution in [-0.4, -0.2) is 73.0 Å². The SMILES string of the molecule is C#Cc1cccc(C2(NC[C@H](O)[C@H](Cc3cc(F)cc(F)c3)N(C(=O)C(F)(F)F)c3cc(C)cc(C(=O)N4CCC[C@@H]4COC)c3)CC2)c1. The van der Waals surface area contributed by atoms with Crippen LogP contribution < -0.4 is 10.2 Å². The molecule has 2 fully saturated rings. The second-order valence-electron chi connectivity index (χ2n) is 12.8. The van der Waals surface area contributed by atoms with Crippen LogP contribution in [0.15, 0.2) is 60.7 Å². The molecule has 1 saturated carbocycles. The Kier molecular flexibility index (Phi) is 10.8. The Balaban J connectivity index is 1.55. The lowest BCUT2D eigenvalue weighted by Gasteiger charge is -2.37. The van der Waals surface area contributed by atoms with Gasteiger partial charge in [0.05, 0.1) is 24.8 Å². The summed E-state index contributed by atoms with van der Waals surface area (Å²) in [6.45, 7) is 1.99. The first-order valence-corrected chi connectivity index (χ1v) is 16.0. The molecule has 260 valence electrons. The number of aliphatic hydroxyl groups excluding tert-OH is 1. The molecule has 49 heavy (non-hydrogen) atoms. The quantitative estimate of drug-likeness (QED) is 0.191. The van der Waals surface area contributed by atoms with Crippen molar-refractivity contribution in [2.45, 2.75) is 68.9 Å². The van der Waals surface area contributed by atoms with Gasteiger partial charge in [-0.3, -0.25) is 14.5 Å². The third-order valence-corrected chi connectivity index (χ3v) is 9.17. The van der Waals surface area contributed by atoms with Gasteiger partial charge >= 0.3 is 12.1 Å². The minimum atomic E-state index is -5.40. The number of amides is 2. The molecule has 1 aliphatic carbocycles. The first-order valence-electron chi connectivity index (χ1n) is 16.0. The zero-order valence-corrected chi connectivity index (χ0v) is 27.2. The second-order valence-corrected chi connectivity index (χ2v) is 12.8. The van der Waals surface area contributed by atoms with E-state index in [0.29, 0.717) is 47.9 Å². The molecule has 3 aromatic carbocycles. The third kappa shape index (κ3) is 8.29. The van der Waals surface area contributed by atoms with Crippen LogP contribution in [-0.2, 0) is 21.5 Å². The lowest BCUT2D eigenvalue weighted by molar-refractivity contribution is -0.171. The van der Waals surface area contributed by atoms with Gasteiger partial charge in [-0.25, -0.2) is 8.78 Å². The summed E-state index contributed by atoms with van der Waals surface area (Å²) in [4.78, 5) is 29.0. The van der Waals surface area contributed by atoms with E-state index in [1.54, 1.807) is 24.0 Å². The highest BCUT2D eigenvalue weighted by atomic mass is 19.4. The minimum absolute atomic E-state index is 0.0477. The largest absolute Gasteiger partial charge is 0.471 e. The number of ether oxygens (including phenoxy) is 1. The fraction of sp³-hybridized carbons (Fsp3) is 0.405. The normalized spacial score (nSPS) is 18.1. The van der Waals surface area contributed by atoms with Crippen molar-refractivity contribution >= 4 is 17.5 Å². The standard InChI is InChI=1S/C37H38F5N3O4/c1-4-24-7-5-8-27(15-24)36(10-11-36)43-21-33(46)32(18-25-16-28(38)20-29(39)17-25)45(35(48)37(40,41)42)31-14-23(2)13-26(19-31)34(47)44-12-6-9-30(44)22-49-3/h1,5,7-8,13-17,19-20,30,32-33,43,46H,6,9-12,18,21-22H2,2-3H3/t30-,32+,33+/m1/s1. The van der Waals surface area contributed by atoms with Gasteiger partial charge in [0.2, 0.25) is 0 Å². The van der Waals surface area contributed by atoms with Crippen LogP contribution in [0.25, 0.3) is 0 Å². The predicted octanol–water partition coefficient (Wildman–Crippen LogP) is 5.65. The van der Waals surface area contributed by atoms with Crippen molar-refractivity contribution in [2.75, 3.05) is 31.7 Å². The van der Waals surface area contributed by atoms with Crippen molar-refractivity contribution in [1.29, 1.82) is 0 Å². The fourth-order valence-corrected chi connectivity index (χ4v) is 6.66. The van der Waals surface area contributed by atoms with E-state index in [2.05, 4.69) is 11.2 Å². The van der Waals surface area contributed by atoms with Crippen molar-refractivity contribution in [3.05, 3.63) is 100 Å². The van der Waals surface area contributed by atoms with Crippen LogP contribution in [0.3, 0.4) is 0 Å². The van der Waals surface area contributed by atoms with Crippen molar-refractivity contribution < 1.29 is 41.4 Å². The number of halogens is 5. The van der Waals surface area contributed by atoms with Gasteiger partial charge in [0.15, 0.2) is 0 Å². The molecule has 1 saturated heterocycles. The topological polar surface area (TPSA) is 82.1 Å². The molecule has 0 spiro atoms. The van der Waals surface area contributed by atoms with E-state index in [4.69, 9.17) is 11.2 Å². The van der Waals surface area contributed by atoms with Crippen LogP contribution in [0.5, 0.6) is 0 Å². The maximum Gasteiger partial charge on any atom is 0.471 e. The number of carbonyl (C=O) groups is 2. The summed E-state index contributed by atoms with van der Waals surface area (Å²) in [7, 11) is 1.51. The van der Waals surface area contributed by atoms with Crippen LogP contribution >= 0.6 is 0 Å². The molecule has 12 heteroatoms. The molecule has 0 aromatic heterocycles. The zero-order valence-electron chi connectivity index (χ0n) is 27.2. The second kappa shape index (κ2) is 14.7. The van der Waals surface area contributed by atoms with Crippen LogP contribution in [0.2, 0.25) is 0 Å². The minimum Gasteiger partial charge on any atom is -0.390 e. The Bertz CT molecular complexity index is 1720. The van der Waals surface area contributed by atoms with E-state index in [-0.39, 0.29) is 36.0 Å². The summed E-state index contributed by atoms with van der Waals surface area (Å²) >= 11 is 0. The Morgan fingerprint density at radius 2 is 1.84 bits per heavy atom. The number of benzene rings is 3. The first kappa shape index (κ1) is 36.0. The monoisotopic (exact) mass is 683 g/mol. The molecule has 2 amide bonds. The average molecular weight is 684 g/mol. The summed E-state index contributed by atoms with van der Waals surface area (Å²) < 4.78 is 77.0. The third-order valence-electron chi connectivity index (χ3n) is 9.17. The number of hydrogen-bond donors (Lipinski definition) is 2. The van der Waals surface area contributed by atoms with Crippen molar-refractivity contribution in [2.24, 2.45) is 0 Å². The smallest absolute Gasteiger partial charge is 0.390 e.